The van der Waals surface area contributed by atoms with Crippen molar-refractivity contribution in [2.45, 2.75) is 18.9 Å². The molecule has 1 aliphatic rings. The molecule has 2 rings (SSSR count). The summed E-state index contributed by atoms with van der Waals surface area (Å²) in [4.78, 5) is 5.48. The van der Waals surface area contributed by atoms with Gasteiger partial charge in [-0.25, -0.2) is 4.99 Å². The summed E-state index contributed by atoms with van der Waals surface area (Å²) < 4.78 is 0. The molecule has 1 aromatic heterocycles. The van der Waals surface area contributed by atoms with Crippen molar-refractivity contribution in [1.82, 2.24) is 15.0 Å². The molecule has 74 valence electrons. The molecule has 1 unspecified atom stereocenters. The van der Waals surface area contributed by atoms with E-state index in [1.807, 2.05) is 6.92 Å². The van der Waals surface area contributed by atoms with Crippen LogP contribution in [-0.2, 0) is 0 Å². The van der Waals surface area contributed by atoms with E-state index in [1.54, 1.807) is 18.6 Å². The molecule has 0 amide bonds. The molecule has 6 heteroatoms. The number of hydrogen-bond acceptors (Lipinski definition) is 5. The molecular weight excluding hydrogens is 180 g/mol. The fraction of sp³-hybridized carbons (Fsp3) is 0.375. The fourth-order valence-electron chi connectivity index (χ4n) is 1.42. The zero-order valence-electron chi connectivity index (χ0n) is 7.88. The smallest absolute Gasteiger partial charge is 0.101 e. The van der Waals surface area contributed by atoms with Gasteiger partial charge in [0.2, 0.25) is 0 Å². The third-order valence-corrected chi connectivity index (χ3v) is 2.12. The first-order valence-corrected chi connectivity index (χ1v) is 4.28. The normalized spacial score (nSPS) is 27.0. The van der Waals surface area contributed by atoms with E-state index in [0.29, 0.717) is 12.3 Å². The van der Waals surface area contributed by atoms with Crippen molar-refractivity contribution in [1.29, 1.82) is 0 Å². The second-order valence-corrected chi connectivity index (χ2v) is 3.55. The zero-order chi connectivity index (χ0) is 10.2. The van der Waals surface area contributed by atoms with Crippen LogP contribution < -0.4 is 11.5 Å². The van der Waals surface area contributed by atoms with Crippen LogP contribution in [0.4, 0.5) is 0 Å². The predicted octanol–water partition coefficient (Wildman–Crippen LogP) is -0.445. The molecule has 1 atom stereocenters. The summed E-state index contributed by atoms with van der Waals surface area (Å²) in [5, 5.41) is 8.02. The molecule has 0 radical (unpaired) electrons. The van der Waals surface area contributed by atoms with Crippen molar-refractivity contribution >= 4 is 11.5 Å². The number of hydrogen-bond donors (Lipinski definition) is 2. The summed E-state index contributed by atoms with van der Waals surface area (Å²) >= 11 is 0. The number of rotatable bonds is 1. The van der Waals surface area contributed by atoms with Crippen LogP contribution in [0.5, 0.6) is 0 Å². The van der Waals surface area contributed by atoms with E-state index in [2.05, 4.69) is 15.2 Å². The molecule has 0 saturated carbocycles. The van der Waals surface area contributed by atoms with Crippen LogP contribution in [0.3, 0.4) is 0 Å². The monoisotopic (exact) mass is 192 g/mol. The standard InChI is InChI=1S/C8H12N6/c1-8(10)4-7(9)11-5-6(8)14-12-2-3-13-14/h2-3,5H,4,10H2,1H3,(H2,9,11). The molecule has 14 heavy (non-hydrogen) atoms. The van der Waals surface area contributed by atoms with E-state index in [0.717, 1.165) is 5.70 Å². The van der Waals surface area contributed by atoms with Gasteiger partial charge in [0, 0.05) is 6.42 Å². The van der Waals surface area contributed by atoms with E-state index >= 15 is 0 Å². The van der Waals surface area contributed by atoms with Crippen LogP contribution in [0.15, 0.2) is 23.6 Å². The van der Waals surface area contributed by atoms with Gasteiger partial charge in [0.1, 0.15) is 11.5 Å². The molecule has 0 aromatic carbocycles. The van der Waals surface area contributed by atoms with Gasteiger partial charge < -0.3 is 11.5 Å². The average molecular weight is 192 g/mol. The van der Waals surface area contributed by atoms with Crippen LogP contribution >= 0.6 is 0 Å². The Kier molecular flexibility index (Phi) is 1.85. The van der Waals surface area contributed by atoms with Crippen LogP contribution in [0.2, 0.25) is 0 Å². The number of aromatic nitrogens is 3. The third kappa shape index (κ3) is 1.39. The second kappa shape index (κ2) is 2.91. The molecule has 0 saturated heterocycles. The van der Waals surface area contributed by atoms with Gasteiger partial charge in [-0.1, -0.05) is 0 Å². The Balaban J connectivity index is 2.43. The molecule has 0 spiro atoms. The van der Waals surface area contributed by atoms with Gasteiger partial charge in [-0.05, 0) is 6.92 Å². The lowest BCUT2D eigenvalue weighted by Crippen LogP contribution is -2.45. The Hall–Kier alpha value is -1.69. The van der Waals surface area contributed by atoms with E-state index in [-0.39, 0.29) is 0 Å². The molecule has 6 nitrogen and oxygen atoms in total. The summed E-state index contributed by atoms with van der Waals surface area (Å²) in [6.45, 7) is 1.88. The highest BCUT2D eigenvalue weighted by atomic mass is 15.5. The van der Waals surface area contributed by atoms with Crippen molar-refractivity contribution in [2.75, 3.05) is 0 Å². The SMILES string of the molecule is CC1(N)CC(N)=NC=C1n1nccn1. The maximum Gasteiger partial charge on any atom is 0.101 e. The Morgan fingerprint density at radius 2 is 2.07 bits per heavy atom. The van der Waals surface area contributed by atoms with Crippen molar-refractivity contribution in [3.05, 3.63) is 18.6 Å². The van der Waals surface area contributed by atoms with Crippen molar-refractivity contribution in [3.63, 3.8) is 0 Å². The van der Waals surface area contributed by atoms with Gasteiger partial charge in [0.15, 0.2) is 0 Å². The summed E-state index contributed by atoms with van der Waals surface area (Å²) in [6.07, 6.45) is 5.32. The summed E-state index contributed by atoms with van der Waals surface area (Å²) in [6, 6.07) is 0. The molecule has 1 aliphatic heterocycles. The predicted molar refractivity (Wildman–Crippen MR) is 53.1 cm³/mol. The first-order chi connectivity index (χ1) is 6.59. The maximum atomic E-state index is 6.07. The molecule has 4 N–H and O–H groups in total. The summed E-state index contributed by atoms with van der Waals surface area (Å²) in [5.74, 6) is 0.533. The number of nitrogens with zero attached hydrogens (tertiary/aromatic N) is 4. The van der Waals surface area contributed by atoms with Crippen molar-refractivity contribution in [2.24, 2.45) is 16.5 Å². The van der Waals surface area contributed by atoms with Crippen molar-refractivity contribution < 1.29 is 0 Å². The Morgan fingerprint density at radius 3 is 2.64 bits per heavy atom. The number of aliphatic imine (C=N–C) groups is 1. The lowest BCUT2D eigenvalue weighted by Gasteiger charge is -2.28. The fourth-order valence-corrected chi connectivity index (χ4v) is 1.42. The van der Waals surface area contributed by atoms with E-state index in [1.165, 1.54) is 4.80 Å². The quantitative estimate of drug-likeness (QED) is 0.630. The first-order valence-electron chi connectivity index (χ1n) is 4.28. The minimum atomic E-state index is -0.565. The van der Waals surface area contributed by atoms with Gasteiger partial charge in [-0.3, -0.25) is 0 Å². The highest BCUT2D eigenvalue weighted by Gasteiger charge is 2.30. The molecule has 0 bridgehead atoms. The van der Waals surface area contributed by atoms with Gasteiger partial charge >= 0.3 is 0 Å². The Morgan fingerprint density at radius 1 is 1.43 bits per heavy atom. The van der Waals surface area contributed by atoms with E-state index in [4.69, 9.17) is 11.5 Å². The van der Waals surface area contributed by atoms with Crippen LogP contribution in [0, 0.1) is 0 Å². The lowest BCUT2D eigenvalue weighted by atomic mass is 9.93. The maximum absolute atomic E-state index is 6.07. The van der Waals surface area contributed by atoms with Crippen LogP contribution in [0.25, 0.3) is 5.70 Å². The van der Waals surface area contributed by atoms with E-state index in [9.17, 15) is 0 Å². The van der Waals surface area contributed by atoms with Gasteiger partial charge in [-0.15, -0.1) is 0 Å². The summed E-state index contributed by atoms with van der Waals surface area (Å²) in [5.41, 5.74) is 11.9. The topological polar surface area (TPSA) is 95.1 Å². The average Bonchev–Trinajstić information content (AvgIpc) is 2.54. The minimum absolute atomic E-state index is 0.514. The van der Waals surface area contributed by atoms with E-state index < -0.39 is 5.54 Å². The Labute approximate surface area is 81.3 Å². The first kappa shape index (κ1) is 8.89. The molecule has 1 aromatic rings. The molecule has 0 aliphatic carbocycles. The van der Waals surface area contributed by atoms with Crippen LogP contribution in [0.1, 0.15) is 13.3 Å². The molecule has 0 fully saturated rings. The number of amidine groups is 1. The Bertz CT molecular complexity index is 386. The highest BCUT2D eigenvalue weighted by Crippen LogP contribution is 2.24. The molecular formula is C8H12N6. The minimum Gasteiger partial charge on any atom is -0.387 e. The lowest BCUT2D eigenvalue weighted by molar-refractivity contribution is 0.557. The molecule has 2 heterocycles. The van der Waals surface area contributed by atoms with Gasteiger partial charge in [0.25, 0.3) is 0 Å². The number of nitrogens with two attached hydrogens (primary N) is 2. The largest absolute Gasteiger partial charge is 0.387 e. The summed E-state index contributed by atoms with van der Waals surface area (Å²) in [7, 11) is 0. The van der Waals surface area contributed by atoms with Gasteiger partial charge in [0.05, 0.1) is 24.1 Å². The highest BCUT2D eigenvalue weighted by molar-refractivity contribution is 5.86. The van der Waals surface area contributed by atoms with Gasteiger partial charge in [-0.2, -0.15) is 15.0 Å². The zero-order valence-corrected chi connectivity index (χ0v) is 7.88. The van der Waals surface area contributed by atoms with Crippen LogP contribution in [-0.4, -0.2) is 26.4 Å². The van der Waals surface area contributed by atoms with Crippen molar-refractivity contribution in [3.8, 4) is 0 Å². The third-order valence-electron chi connectivity index (χ3n) is 2.12. The second-order valence-electron chi connectivity index (χ2n) is 3.55.